The molecule has 1 aromatic carbocycles. The quantitative estimate of drug-likeness (QED) is 0.663. The number of pyridine rings is 1. The maximum atomic E-state index is 12.9. The molecule has 2 N–H and O–H groups in total. The van der Waals surface area contributed by atoms with E-state index in [2.05, 4.69) is 39.0 Å². The molecule has 1 fully saturated rings. The Morgan fingerprint density at radius 3 is 2.64 bits per heavy atom. The number of likely N-dealkylation sites (tertiary alicyclic amines) is 1. The lowest BCUT2D eigenvalue weighted by Gasteiger charge is -2.28. The topological polar surface area (TPSA) is 65.5 Å². The number of nitrogens with one attached hydrogen (secondary N) is 1. The third kappa shape index (κ3) is 4.77. The first kappa shape index (κ1) is 18.3. The molecule has 0 aliphatic carbocycles. The van der Waals surface area contributed by atoms with Crippen molar-refractivity contribution in [3.05, 3.63) is 63.5 Å². The van der Waals surface area contributed by atoms with E-state index in [1.807, 2.05) is 23.1 Å². The Kier molecular flexibility index (Phi) is 6.39. The van der Waals surface area contributed by atoms with Gasteiger partial charge in [-0.2, -0.15) is 0 Å². The van der Waals surface area contributed by atoms with Crippen molar-refractivity contribution in [2.45, 2.75) is 31.5 Å². The van der Waals surface area contributed by atoms with E-state index < -0.39 is 12.1 Å². The van der Waals surface area contributed by atoms with Crippen LogP contribution in [0.4, 0.5) is 0 Å². The molecule has 132 valence electrons. The lowest BCUT2D eigenvalue weighted by Crippen LogP contribution is -2.48. The van der Waals surface area contributed by atoms with Crippen molar-refractivity contribution < 1.29 is 9.90 Å². The van der Waals surface area contributed by atoms with Crippen LogP contribution in [0.2, 0.25) is 0 Å². The first-order valence-electron chi connectivity index (χ1n) is 8.50. The van der Waals surface area contributed by atoms with E-state index in [1.54, 1.807) is 24.5 Å². The lowest BCUT2D eigenvalue weighted by molar-refractivity contribution is -0.135. The molecule has 1 aliphatic rings. The molecule has 0 bridgehead atoms. The summed E-state index contributed by atoms with van der Waals surface area (Å²) >= 11 is 2.27. The van der Waals surface area contributed by atoms with Gasteiger partial charge in [-0.15, -0.1) is 0 Å². The zero-order valence-corrected chi connectivity index (χ0v) is 16.1. The van der Waals surface area contributed by atoms with Gasteiger partial charge >= 0.3 is 0 Å². The van der Waals surface area contributed by atoms with Gasteiger partial charge in [0, 0.05) is 35.6 Å². The maximum absolute atomic E-state index is 12.9. The first-order valence-corrected chi connectivity index (χ1v) is 9.57. The highest BCUT2D eigenvalue weighted by atomic mass is 127. The summed E-state index contributed by atoms with van der Waals surface area (Å²) in [6.45, 7) is 2.07. The van der Waals surface area contributed by atoms with Crippen molar-refractivity contribution in [3.8, 4) is 0 Å². The second kappa shape index (κ2) is 8.73. The van der Waals surface area contributed by atoms with Crippen LogP contribution in [0.5, 0.6) is 0 Å². The fourth-order valence-corrected chi connectivity index (χ4v) is 3.70. The number of amides is 1. The standard InChI is InChI=1S/C19H22IN3O2/c20-16-5-3-4-14(12-16)13-22-17(19(25)23-10-1-2-11-23)18(24)15-6-8-21-9-7-15/h3-9,12,17-18,22,24H,1-2,10-11,13H2/t17?,18-/m0/s1. The summed E-state index contributed by atoms with van der Waals surface area (Å²) in [6, 6.07) is 11.0. The Labute approximate surface area is 161 Å². The van der Waals surface area contributed by atoms with Crippen LogP contribution in [0.3, 0.4) is 0 Å². The van der Waals surface area contributed by atoms with Crippen molar-refractivity contribution in [2.24, 2.45) is 0 Å². The summed E-state index contributed by atoms with van der Waals surface area (Å²) in [4.78, 5) is 18.8. The molecule has 0 radical (unpaired) electrons. The van der Waals surface area contributed by atoms with Gasteiger partial charge in [-0.1, -0.05) is 12.1 Å². The maximum Gasteiger partial charge on any atom is 0.242 e. The zero-order valence-electron chi connectivity index (χ0n) is 13.9. The van der Waals surface area contributed by atoms with Crippen LogP contribution in [-0.2, 0) is 11.3 Å². The van der Waals surface area contributed by atoms with Crippen LogP contribution >= 0.6 is 22.6 Å². The van der Waals surface area contributed by atoms with Crippen LogP contribution in [0.25, 0.3) is 0 Å². The molecule has 1 aromatic heterocycles. The largest absolute Gasteiger partial charge is 0.386 e. The average molecular weight is 451 g/mol. The second-order valence-electron chi connectivity index (χ2n) is 6.25. The molecular formula is C19H22IN3O2. The predicted octanol–water partition coefficient (Wildman–Crippen LogP) is 2.50. The van der Waals surface area contributed by atoms with Crippen LogP contribution in [0, 0.1) is 3.57 Å². The van der Waals surface area contributed by atoms with Crippen LogP contribution in [0.1, 0.15) is 30.1 Å². The SMILES string of the molecule is O=C(C(NCc1cccc(I)c1)[C@@H](O)c1ccncc1)N1CCCC1. The highest BCUT2D eigenvalue weighted by Gasteiger charge is 2.32. The van der Waals surface area contributed by atoms with E-state index >= 15 is 0 Å². The molecule has 5 nitrogen and oxygen atoms in total. The summed E-state index contributed by atoms with van der Waals surface area (Å²) in [5, 5.41) is 14.1. The van der Waals surface area contributed by atoms with Crippen LogP contribution in [-0.4, -0.2) is 40.0 Å². The van der Waals surface area contributed by atoms with Crippen molar-refractivity contribution in [1.82, 2.24) is 15.2 Å². The molecule has 2 aromatic rings. The number of rotatable bonds is 6. The van der Waals surface area contributed by atoms with Gasteiger partial charge in [0.25, 0.3) is 0 Å². The van der Waals surface area contributed by atoms with Gasteiger partial charge < -0.3 is 10.0 Å². The van der Waals surface area contributed by atoms with E-state index in [4.69, 9.17) is 0 Å². The molecule has 2 heterocycles. The van der Waals surface area contributed by atoms with E-state index in [-0.39, 0.29) is 5.91 Å². The Hall–Kier alpha value is -1.51. The molecule has 1 saturated heterocycles. The molecule has 0 saturated carbocycles. The number of hydrogen-bond acceptors (Lipinski definition) is 4. The number of aliphatic hydroxyl groups is 1. The number of aliphatic hydroxyl groups excluding tert-OH is 1. The first-order chi connectivity index (χ1) is 12.1. The average Bonchev–Trinajstić information content (AvgIpc) is 3.17. The van der Waals surface area contributed by atoms with Crippen molar-refractivity contribution in [1.29, 1.82) is 0 Å². The third-order valence-corrected chi connectivity index (χ3v) is 5.13. The lowest BCUT2D eigenvalue weighted by atomic mass is 10.0. The molecule has 3 rings (SSSR count). The van der Waals surface area contributed by atoms with Gasteiger partial charge in [-0.05, 0) is 70.8 Å². The summed E-state index contributed by atoms with van der Waals surface area (Å²) in [6.07, 6.45) is 4.42. The Morgan fingerprint density at radius 2 is 1.96 bits per heavy atom. The van der Waals surface area contributed by atoms with Gasteiger partial charge in [0.05, 0.1) is 0 Å². The summed E-state index contributed by atoms with van der Waals surface area (Å²) < 4.78 is 1.15. The monoisotopic (exact) mass is 451 g/mol. The van der Waals surface area contributed by atoms with Gasteiger partial charge in [-0.25, -0.2) is 0 Å². The smallest absolute Gasteiger partial charge is 0.242 e. The summed E-state index contributed by atoms with van der Waals surface area (Å²) in [5.74, 6) is -0.0348. The highest BCUT2D eigenvalue weighted by Crippen LogP contribution is 2.20. The van der Waals surface area contributed by atoms with Crippen LogP contribution < -0.4 is 5.32 Å². The summed E-state index contributed by atoms with van der Waals surface area (Å²) in [7, 11) is 0. The van der Waals surface area contributed by atoms with Gasteiger partial charge in [-0.3, -0.25) is 15.1 Å². The zero-order chi connectivity index (χ0) is 17.6. The molecule has 1 amide bonds. The minimum atomic E-state index is -0.904. The fraction of sp³-hybridized carbons (Fsp3) is 0.368. The number of benzene rings is 1. The third-order valence-electron chi connectivity index (χ3n) is 4.46. The minimum Gasteiger partial charge on any atom is -0.386 e. The highest BCUT2D eigenvalue weighted by molar-refractivity contribution is 14.1. The predicted molar refractivity (Wildman–Crippen MR) is 105 cm³/mol. The Bertz CT molecular complexity index is 705. The van der Waals surface area contributed by atoms with Crippen molar-refractivity contribution in [3.63, 3.8) is 0 Å². The molecule has 6 heteroatoms. The second-order valence-corrected chi connectivity index (χ2v) is 7.49. The Morgan fingerprint density at radius 1 is 1.24 bits per heavy atom. The molecular weight excluding hydrogens is 429 g/mol. The van der Waals surface area contributed by atoms with E-state index in [0.717, 1.165) is 35.1 Å². The molecule has 1 unspecified atom stereocenters. The Balaban J connectivity index is 1.77. The number of hydrogen-bond donors (Lipinski definition) is 2. The van der Waals surface area contributed by atoms with Gasteiger partial charge in [0.1, 0.15) is 12.1 Å². The van der Waals surface area contributed by atoms with Crippen molar-refractivity contribution in [2.75, 3.05) is 13.1 Å². The van der Waals surface area contributed by atoms with Gasteiger partial charge in [0.15, 0.2) is 0 Å². The van der Waals surface area contributed by atoms with Crippen LogP contribution in [0.15, 0.2) is 48.8 Å². The van der Waals surface area contributed by atoms with E-state index in [9.17, 15) is 9.90 Å². The molecule has 1 aliphatic heterocycles. The normalized spacial score (nSPS) is 16.6. The number of carbonyl (C=O) groups is 1. The van der Waals surface area contributed by atoms with E-state index in [0.29, 0.717) is 12.1 Å². The molecule has 0 spiro atoms. The number of carbonyl (C=O) groups excluding carboxylic acids is 1. The van der Waals surface area contributed by atoms with Gasteiger partial charge in [0.2, 0.25) is 5.91 Å². The molecule has 25 heavy (non-hydrogen) atoms. The van der Waals surface area contributed by atoms with Crippen molar-refractivity contribution >= 4 is 28.5 Å². The number of halogens is 1. The summed E-state index contributed by atoms with van der Waals surface area (Å²) in [5.41, 5.74) is 1.79. The number of nitrogens with zero attached hydrogens (tertiary/aromatic N) is 2. The van der Waals surface area contributed by atoms with E-state index in [1.165, 1.54) is 0 Å². The number of aromatic nitrogens is 1. The fourth-order valence-electron chi connectivity index (χ4n) is 3.10. The minimum absolute atomic E-state index is 0.0348. The molecule has 2 atom stereocenters.